The number of alkyl halides is 3. The number of para-hydroxylation sites is 1. The molecule has 0 atom stereocenters. The summed E-state index contributed by atoms with van der Waals surface area (Å²) in [6, 6.07) is 12.0. The van der Waals surface area contributed by atoms with E-state index in [9.17, 15) is 13.2 Å². The Balaban J connectivity index is 1.22. The molecule has 0 saturated carbocycles. The first-order valence-electron chi connectivity index (χ1n) is 12.8. The number of halogens is 3. The molecule has 0 aromatic heterocycles. The smallest absolute Gasteiger partial charge is 0.382 e. The van der Waals surface area contributed by atoms with Crippen molar-refractivity contribution in [2.24, 2.45) is 0 Å². The Morgan fingerprint density at radius 2 is 1.41 bits per heavy atom. The number of hydrogen-bond donors (Lipinski definition) is 0. The van der Waals surface area contributed by atoms with Gasteiger partial charge in [0.25, 0.3) is 0 Å². The molecule has 0 unspecified atom stereocenters. The van der Waals surface area contributed by atoms with E-state index >= 15 is 0 Å². The predicted octanol–water partition coefficient (Wildman–Crippen LogP) is 5.00. The van der Waals surface area contributed by atoms with Crippen LogP contribution < -0.4 is 4.90 Å². The van der Waals surface area contributed by atoms with E-state index in [1.165, 1.54) is 23.9 Å². The monoisotopic (exact) mass is 539 g/mol. The first-order chi connectivity index (χ1) is 18.0. The van der Waals surface area contributed by atoms with Gasteiger partial charge in [-0.15, -0.1) is 0 Å². The lowest BCUT2D eigenvalue weighted by Gasteiger charge is -2.36. The number of ether oxygens (including phenoxy) is 3. The largest absolute Gasteiger partial charge is 0.416 e. The Hall–Kier alpha value is -1.82. The summed E-state index contributed by atoms with van der Waals surface area (Å²) in [6.07, 6.45) is -3.48. The fraction of sp³-hybridized carbons (Fsp3) is 0.556. The lowest BCUT2D eigenvalue weighted by atomic mass is 10.1. The molecule has 0 aliphatic carbocycles. The molecule has 2 aliphatic heterocycles. The Morgan fingerprint density at radius 3 is 2.14 bits per heavy atom. The van der Waals surface area contributed by atoms with Crippen molar-refractivity contribution >= 4 is 23.1 Å². The van der Waals surface area contributed by atoms with Crippen LogP contribution in [0, 0.1) is 0 Å². The topological polar surface area (TPSA) is 37.4 Å². The highest BCUT2D eigenvalue weighted by Gasteiger charge is 2.33. The molecule has 2 heterocycles. The number of piperazine rings is 1. The van der Waals surface area contributed by atoms with Gasteiger partial charge in [-0.3, -0.25) is 4.90 Å². The van der Waals surface area contributed by atoms with Gasteiger partial charge in [-0.25, -0.2) is 0 Å². The van der Waals surface area contributed by atoms with Crippen LogP contribution in [-0.4, -0.2) is 95.8 Å². The van der Waals surface area contributed by atoms with Gasteiger partial charge in [-0.05, 0) is 43.3 Å². The lowest BCUT2D eigenvalue weighted by molar-refractivity contribution is -0.137. The van der Waals surface area contributed by atoms with Gasteiger partial charge in [0.15, 0.2) is 0 Å². The third-order valence-corrected chi connectivity index (χ3v) is 7.76. The van der Waals surface area contributed by atoms with Crippen LogP contribution in [-0.2, 0) is 20.4 Å². The number of rotatable bonds is 13. The van der Waals surface area contributed by atoms with Crippen molar-refractivity contribution in [2.75, 3.05) is 90.9 Å². The first kappa shape index (κ1) is 28.2. The zero-order chi connectivity index (χ0) is 26.1. The molecule has 0 spiro atoms. The van der Waals surface area contributed by atoms with Crippen molar-refractivity contribution < 1.29 is 27.4 Å². The molecule has 2 aliphatic rings. The molecule has 1 saturated heterocycles. The highest BCUT2D eigenvalue weighted by Crippen LogP contribution is 2.49. The molecule has 0 N–H and O–H groups in total. The standard InChI is InChI=1S/C27H36F3N3O3S/c1-34-17-18-36-20-19-35-16-15-32-13-11-31(12-14-32)9-4-10-33-23-5-2-3-6-25(23)37-26-8-7-22(21-24(26)33)27(28,29)30/h2-3,5-8,21H,4,9-20H2,1H3. The van der Waals surface area contributed by atoms with E-state index in [-0.39, 0.29) is 0 Å². The number of anilines is 2. The van der Waals surface area contributed by atoms with Gasteiger partial charge >= 0.3 is 6.18 Å². The van der Waals surface area contributed by atoms with E-state index in [1.54, 1.807) is 13.2 Å². The van der Waals surface area contributed by atoms with Crippen LogP contribution in [0.3, 0.4) is 0 Å². The summed E-state index contributed by atoms with van der Waals surface area (Å²) in [5.74, 6) is 0. The van der Waals surface area contributed by atoms with Gasteiger partial charge in [0.05, 0.1) is 50.0 Å². The van der Waals surface area contributed by atoms with Crippen molar-refractivity contribution in [1.29, 1.82) is 0 Å². The molecule has 0 amide bonds. The second-order valence-electron chi connectivity index (χ2n) is 9.16. The molecular formula is C27H36F3N3O3S. The van der Waals surface area contributed by atoms with Gasteiger partial charge in [0.1, 0.15) is 0 Å². The van der Waals surface area contributed by atoms with Crippen molar-refractivity contribution in [3.05, 3.63) is 48.0 Å². The molecule has 1 fully saturated rings. The maximum Gasteiger partial charge on any atom is 0.416 e. The Bertz CT molecular complexity index is 987. The van der Waals surface area contributed by atoms with Crippen LogP contribution in [0.4, 0.5) is 24.5 Å². The summed E-state index contributed by atoms with van der Waals surface area (Å²) in [5, 5.41) is 0. The van der Waals surface area contributed by atoms with Crippen LogP contribution in [0.1, 0.15) is 12.0 Å². The highest BCUT2D eigenvalue weighted by molar-refractivity contribution is 7.99. The second kappa shape index (κ2) is 13.8. The molecular weight excluding hydrogens is 503 g/mol. The van der Waals surface area contributed by atoms with Gasteiger partial charge in [-0.2, -0.15) is 13.2 Å². The zero-order valence-corrected chi connectivity index (χ0v) is 22.2. The number of hydrogen-bond acceptors (Lipinski definition) is 7. The first-order valence-corrected chi connectivity index (χ1v) is 13.6. The second-order valence-corrected chi connectivity index (χ2v) is 10.2. The molecule has 0 radical (unpaired) electrons. The van der Waals surface area contributed by atoms with E-state index in [0.717, 1.165) is 61.2 Å². The van der Waals surface area contributed by atoms with Crippen LogP contribution in [0.25, 0.3) is 0 Å². The van der Waals surface area contributed by atoms with Gasteiger partial charge in [-0.1, -0.05) is 23.9 Å². The molecule has 0 bridgehead atoms. The Morgan fingerprint density at radius 1 is 0.757 bits per heavy atom. The maximum atomic E-state index is 13.4. The number of methoxy groups -OCH3 is 1. The summed E-state index contributed by atoms with van der Waals surface area (Å²) in [4.78, 5) is 8.85. The lowest BCUT2D eigenvalue weighted by Crippen LogP contribution is -2.47. The summed E-state index contributed by atoms with van der Waals surface area (Å²) in [7, 11) is 1.65. The minimum Gasteiger partial charge on any atom is -0.382 e. The Labute approximate surface area is 221 Å². The zero-order valence-electron chi connectivity index (χ0n) is 21.3. The quantitative estimate of drug-likeness (QED) is 0.332. The third-order valence-electron chi connectivity index (χ3n) is 6.63. The van der Waals surface area contributed by atoms with Gasteiger partial charge in [0.2, 0.25) is 0 Å². The molecule has 4 rings (SSSR count). The number of fused-ring (bicyclic) bond motifs is 2. The van der Waals surface area contributed by atoms with E-state index < -0.39 is 11.7 Å². The summed E-state index contributed by atoms with van der Waals surface area (Å²) in [5.41, 5.74) is 1.02. The van der Waals surface area contributed by atoms with Crippen LogP contribution in [0.5, 0.6) is 0 Å². The molecule has 204 valence electrons. The predicted molar refractivity (Wildman–Crippen MR) is 140 cm³/mol. The Kier molecular flexibility index (Phi) is 10.5. The van der Waals surface area contributed by atoms with Crippen LogP contribution in [0.15, 0.2) is 52.3 Å². The van der Waals surface area contributed by atoms with E-state index in [2.05, 4.69) is 14.7 Å². The minimum absolute atomic E-state index is 0.583. The van der Waals surface area contributed by atoms with Gasteiger partial charge in [0, 0.05) is 56.2 Å². The summed E-state index contributed by atoms with van der Waals surface area (Å²) in [6.45, 7) is 9.52. The average molecular weight is 540 g/mol. The highest BCUT2D eigenvalue weighted by atomic mass is 32.2. The number of nitrogens with zero attached hydrogens (tertiary/aromatic N) is 3. The van der Waals surface area contributed by atoms with E-state index in [1.807, 2.05) is 24.3 Å². The third kappa shape index (κ3) is 8.08. The molecule has 10 heteroatoms. The normalized spacial score (nSPS) is 16.6. The molecule has 2 aromatic rings. The maximum absolute atomic E-state index is 13.4. The molecule has 2 aromatic carbocycles. The van der Waals surface area contributed by atoms with Crippen molar-refractivity contribution in [2.45, 2.75) is 22.4 Å². The minimum atomic E-state index is -4.36. The summed E-state index contributed by atoms with van der Waals surface area (Å²) >= 11 is 1.53. The average Bonchev–Trinajstić information content (AvgIpc) is 2.90. The van der Waals surface area contributed by atoms with E-state index in [0.29, 0.717) is 45.3 Å². The number of benzene rings is 2. The molecule has 6 nitrogen and oxygen atoms in total. The SMILES string of the molecule is COCCOCCOCCN1CCN(CCCN2c3ccccc3Sc3ccc(C(F)(F)F)cc32)CC1. The molecule has 37 heavy (non-hydrogen) atoms. The fourth-order valence-corrected chi connectivity index (χ4v) is 5.67. The van der Waals surface area contributed by atoms with Crippen molar-refractivity contribution in [1.82, 2.24) is 9.80 Å². The van der Waals surface area contributed by atoms with Gasteiger partial charge < -0.3 is 24.0 Å². The summed E-state index contributed by atoms with van der Waals surface area (Å²) < 4.78 is 56.3. The van der Waals surface area contributed by atoms with Crippen molar-refractivity contribution in [3.8, 4) is 0 Å². The van der Waals surface area contributed by atoms with Crippen molar-refractivity contribution in [3.63, 3.8) is 0 Å². The van der Waals surface area contributed by atoms with Crippen LogP contribution in [0.2, 0.25) is 0 Å². The fourth-order valence-electron chi connectivity index (χ4n) is 4.59. The van der Waals surface area contributed by atoms with E-state index in [4.69, 9.17) is 14.2 Å². The van der Waals surface area contributed by atoms with Crippen LogP contribution >= 0.6 is 11.8 Å².